The van der Waals surface area contributed by atoms with E-state index in [0.29, 0.717) is 11.7 Å². The zero-order valence-corrected chi connectivity index (χ0v) is 14.7. The number of quaternary nitrogens is 1. The number of furan rings is 1. The second-order valence-electron chi connectivity index (χ2n) is 6.22. The van der Waals surface area contributed by atoms with E-state index in [4.69, 9.17) is 9.15 Å². The lowest BCUT2D eigenvalue weighted by Gasteiger charge is -2.36. The van der Waals surface area contributed by atoms with Crippen molar-refractivity contribution in [2.24, 2.45) is 10.9 Å². The molecule has 0 unspecified atom stereocenters. The van der Waals surface area contributed by atoms with Crippen LogP contribution < -0.4 is 10.2 Å². The van der Waals surface area contributed by atoms with Gasteiger partial charge in [-0.3, -0.25) is 14.9 Å². The molecule has 0 aliphatic carbocycles. The summed E-state index contributed by atoms with van der Waals surface area (Å²) in [5.74, 6) is -0.998. The minimum absolute atomic E-state index is 0.214. The Labute approximate surface area is 146 Å². The molecule has 2 aliphatic rings. The summed E-state index contributed by atoms with van der Waals surface area (Å²) in [5, 5.41) is 2.79. The molecule has 1 aromatic rings. The lowest BCUT2D eigenvalue weighted by atomic mass is 9.95. The number of carbonyl (C=O) groups excluding carboxylic acids is 2. The first-order chi connectivity index (χ1) is 12.1. The number of hydrogen-bond acceptors (Lipinski definition) is 6. The molecule has 1 fully saturated rings. The van der Waals surface area contributed by atoms with Crippen molar-refractivity contribution in [3.63, 3.8) is 0 Å². The van der Waals surface area contributed by atoms with Crippen LogP contribution in [-0.4, -0.2) is 62.1 Å². The summed E-state index contributed by atoms with van der Waals surface area (Å²) in [4.78, 5) is 33.1. The zero-order chi connectivity index (χ0) is 17.8. The third-order valence-corrected chi connectivity index (χ3v) is 4.74. The first-order valence-corrected chi connectivity index (χ1v) is 8.81. The van der Waals surface area contributed by atoms with E-state index in [-0.39, 0.29) is 6.61 Å². The average molecular weight is 349 g/mol. The molecule has 0 aromatic carbocycles. The SMILES string of the molecule is CCOC(=O)[C@@H]1C(=O)NC(N2CC[NH+](CC)CC2)=N[C@H]1c1ccco1. The minimum Gasteiger partial charge on any atom is -0.467 e. The van der Waals surface area contributed by atoms with Crippen LogP contribution in [0.1, 0.15) is 25.6 Å². The lowest BCUT2D eigenvalue weighted by Crippen LogP contribution is -3.14. The van der Waals surface area contributed by atoms with Gasteiger partial charge in [-0.25, -0.2) is 4.99 Å². The first kappa shape index (κ1) is 17.5. The quantitative estimate of drug-likeness (QED) is 0.549. The summed E-state index contributed by atoms with van der Waals surface area (Å²) in [7, 11) is 0. The number of ether oxygens (including phenoxy) is 1. The van der Waals surface area contributed by atoms with Crippen molar-refractivity contribution >= 4 is 17.8 Å². The maximum Gasteiger partial charge on any atom is 0.321 e. The van der Waals surface area contributed by atoms with Crippen LogP contribution in [0.25, 0.3) is 0 Å². The third kappa shape index (κ3) is 3.68. The number of guanidine groups is 1. The predicted molar refractivity (Wildman–Crippen MR) is 90.0 cm³/mol. The van der Waals surface area contributed by atoms with Gasteiger partial charge in [0, 0.05) is 0 Å². The highest BCUT2D eigenvalue weighted by Crippen LogP contribution is 2.31. The molecule has 1 saturated heterocycles. The van der Waals surface area contributed by atoms with Crippen molar-refractivity contribution in [3.05, 3.63) is 24.2 Å². The summed E-state index contributed by atoms with van der Waals surface area (Å²) in [5.41, 5.74) is 0. The molecule has 0 bridgehead atoms. The predicted octanol–water partition coefficient (Wildman–Crippen LogP) is -0.794. The second-order valence-corrected chi connectivity index (χ2v) is 6.22. The van der Waals surface area contributed by atoms with Crippen LogP contribution in [-0.2, 0) is 14.3 Å². The van der Waals surface area contributed by atoms with Crippen LogP contribution in [0.3, 0.4) is 0 Å². The number of hydrogen-bond donors (Lipinski definition) is 2. The maximum absolute atomic E-state index is 12.6. The molecule has 0 saturated carbocycles. The number of rotatable bonds is 4. The van der Waals surface area contributed by atoms with Crippen LogP contribution in [0.4, 0.5) is 0 Å². The van der Waals surface area contributed by atoms with Gasteiger partial charge in [0.25, 0.3) is 0 Å². The van der Waals surface area contributed by atoms with E-state index < -0.39 is 23.8 Å². The molecule has 136 valence electrons. The van der Waals surface area contributed by atoms with Gasteiger partial charge in [-0.15, -0.1) is 0 Å². The van der Waals surface area contributed by atoms with Crippen LogP contribution in [0.2, 0.25) is 0 Å². The Morgan fingerprint density at radius 2 is 2.20 bits per heavy atom. The number of esters is 1. The number of nitrogens with one attached hydrogen (secondary N) is 2. The minimum atomic E-state index is -1.03. The van der Waals surface area contributed by atoms with Crippen LogP contribution in [0.15, 0.2) is 27.8 Å². The summed E-state index contributed by atoms with van der Waals surface area (Å²) in [6.07, 6.45) is 1.52. The summed E-state index contributed by atoms with van der Waals surface area (Å²) < 4.78 is 10.5. The van der Waals surface area contributed by atoms with Crippen molar-refractivity contribution in [2.45, 2.75) is 19.9 Å². The second kappa shape index (κ2) is 7.69. The van der Waals surface area contributed by atoms with Gasteiger partial charge < -0.3 is 19.0 Å². The molecule has 2 N–H and O–H groups in total. The number of likely N-dealkylation sites (N-methyl/N-ethyl adjacent to an activating group) is 1. The topological polar surface area (TPSA) is 88.6 Å². The smallest absolute Gasteiger partial charge is 0.321 e. The Morgan fingerprint density at radius 1 is 1.44 bits per heavy atom. The summed E-state index contributed by atoms with van der Waals surface area (Å²) >= 11 is 0. The van der Waals surface area contributed by atoms with Gasteiger partial charge in [-0.1, -0.05) is 0 Å². The normalized spacial score (nSPS) is 24.6. The van der Waals surface area contributed by atoms with E-state index in [1.807, 2.05) is 0 Å². The van der Waals surface area contributed by atoms with Gasteiger partial charge in [-0.05, 0) is 26.0 Å². The van der Waals surface area contributed by atoms with Crippen molar-refractivity contribution in [3.8, 4) is 0 Å². The average Bonchev–Trinajstić information content (AvgIpc) is 3.16. The van der Waals surface area contributed by atoms with E-state index in [2.05, 4.69) is 22.1 Å². The largest absolute Gasteiger partial charge is 0.467 e. The van der Waals surface area contributed by atoms with Gasteiger partial charge in [-0.2, -0.15) is 0 Å². The maximum atomic E-state index is 12.6. The number of piperazine rings is 1. The number of aliphatic imine (C=N–C) groups is 1. The van der Waals surface area contributed by atoms with Gasteiger partial charge in [0.2, 0.25) is 11.9 Å². The Kier molecular flexibility index (Phi) is 5.37. The number of carbonyl (C=O) groups is 2. The number of amides is 1. The van der Waals surface area contributed by atoms with Gasteiger partial charge in [0.1, 0.15) is 11.8 Å². The Balaban J connectivity index is 1.85. The third-order valence-electron chi connectivity index (χ3n) is 4.74. The highest BCUT2D eigenvalue weighted by atomic mass is 16.5. The van der Waals surface area contributed by atoms with Crippen molar-refractivity contribution in [1.29, 1.82) is 0 Å². The summed E-state index contributed by atoms with van der Waals surface area (Å²) in [6, 6.07) is 2.76. The van der Waals surface area contributed by atoms with Crippen LogP contribution >= 0.6 is 0 Å². The molecule has 2 atom stereocenters. The van der Waals surface area contributed by atoms with E-state index in [0.717, 1.165) is 32.7 Å². The van der Waals surface area contributed by atoms with Crippen LogP contribution in [0.5, 0.6) is 0 Å². The monoisotopic (exact) mass is 349 g/mol. The first-order valence-electron chi connectivity index (χ1n) is 8.81. The van der Waals surface area contributed by atoms with E-state index >= 15 is 0 Å². The Hall–Kier alpha value is -2.35. The Bertz CT molecular complexity index is 635. The number of nitrogens with zero attached hydrogens (tertiary/aromatic N) is 2. The molecule has 2 aliphatic heterocycles. The molecular formula is C17H25N4O4+. The fraction of sp³-hybridized carbons (Fsp3) is 0.588. The molecule has 3 heterocycles. The van der Waals surface area contributed by atoms with E-state index in [9.17, 15) is 9.59 Å². The fourth-order valence-electron chi connectivity index (χ4n) is 3.27. The molecule has 3 rings (SSSR count). The van der Waals surface area contributed by atoms with Gasteiger partial charge in [0.15, 0.2) is 5.92 Å². The van der Waals surface area contributed by atoms with Crippen LogP contribution in [0, 0.1) is 5.92 Å². The molecule has 1 amide bonds. The Morgan fingerprint density at radius 3 is 2.80 bits per heavy atom. The van der Waals surface area contributed by atoms with E-state index in [1.54, 1.807) is 19.1 Å². The van der Waals surface area contributed by atoms with Crippen molar-refractivity contribution in [2.75, 3.05) is 39.3 Å². The van der Waals surface area contributed by atoms with Gasteiger partial charge >= 0.3 is 5.97 Å². The molecule has 8 nitrogen and oxygen atoms in total. The fourth-order valence-corrected chi connectivity index (χ4v) is 3.27. The molecule has 1 aromatic heterocycles. The lowest BCUT2D eigenvalue weighted by molar-refractivity contribution is -0.902. The highest BCUT2D eigenvalue weighted by molar-refractivity contribution is 6.08. The van der Waals surface area contributed by atoms with Gasteiger partial charge in [0.05, 0.1) is 45.6 Å². The molecule has 8 heteroatoms. The summed E-state index contributed by atoms with van der Waals surface area (Å²) in [6.45, 7) is 8.82. The highest BCUT2D eigenvalue weighted by Gasteiger charge is 2.43. The standard InChI is InChI=1S/C17H24N4O4/c1-3-20-7-9-21(10-8-20)17-18-14(12-6-5-11-25-12)13(15(22)19-17)16(23)24-4-2/h5-6,11,13-14H,3-4,7-10H2,1-2H3,(H,18,19,22)/p+1/t13-,14-/m0/s1. The molecule has 0 radical (unpaired) electrons. The van der Waals surface area contributed by atoms with Crippen molar-refractivity contribution < 1.29 is 23.6 Å². The molecule has 25 heavy (non-hydrogen) atoms. The van der Waals surface area contributed by atoms with E-state index in [1.165, 1.54) is 11.2 Å². The zero-order valence-electron chi connectivity index (χ0n) is 14.7. The molecule has 0 spiro atoms. The molecular weight excluding hydrogens is 324 g/mol. The van der Waals surface area contributed by atoms with Crippen molar-refractivity contribution in [1.82, 2.24) is 10.2 Å².